The van der Waals surface area contributed by atoms with Gasteiger partial charge in [0.25, 0.3) is 10.0 Å². The summed E-state index contributed by atoms with van der Waals surface area (Å²) in [6.45, 7) is 0. The minimum atomic E-state index is -3.94. The van der Waals surface area contributed by atoms with Crippen molar-refractivity contribution < 1.29 is 22.3 Å². The number of benzene rings is 2. The molecule has 2 aliphatic rings. The summed E-state index contributed by atoms with van der Waals surface area (Å²) in [4.78, 5) is 12.6. The second-order valence-electron chi connectivity index (χ2n) is 7.75. The summed E-state index contributed by atoms with van der Waals surface area (Å²) >= 11 is 0. The summed E-state index contributed by atoms with van der Waals surface area (Å²) in [5, 5.41) is 2.91. The Morgan fingerprint density at radius 3 is 2.48 bits per heavy atom. The molecule has 0 spiro atoms. The molecule has 0 aromatic heterocycles. The lowest BCUT2D eigenvalue weighted by Gasteiger charge is -2.21. The average molecular weight is 418 g/mol. The van der Waals surface area contributed by atoms with Crippen molar-refractivity contribution in [3.63, 3.8) is 0 Å². The number of carbonyl (C=O) groups excluding carboxylic acids is 1. The molecule has 2 aliphatic carbocycles. The lowest BCUT2D eigenvalue weighted by atomic mass is 9.88. The molecule has 2 N–H and O–H groups in total. The topological polar surface area (TPSA) is 84.5 Å². The maximum Gasteiger partial charge on any atom is 0.262 e. The van der Waals surface area contributed by atoms with Crippen LogP contribution >= 0.6 is 0 Å². The van der Waals surface area contributed by atoms with Crippen molar-refractivity contribution in [3.8, 4) is 5.75 Å². The molecule has 2 saturated carbocycles. The predicted molar refractivity (Wildman–Crippen MR) is 108 cm³/mol. The molecule has 0 radical (unpaired) electrons. The number of fused-ring (bicyclic) bond motifs is 2. The number of hydrogen-bond donors (Lipinski definition) is 2. The van der Waals surface area contributed by atoms with Crippen LogP contribution < -0.4 is 14.8 Å². The molecular weight excluding hydrogens is 395 g/mol. The third kappa shape index (κ3) is 4.07. The average Bonchev–Trinajstić information content (AvgIpc) is 3.32. The summed E-state index contributed by atoms with van der Waals surface area (Å²) < 4.78 is 46.1. The molecule has 6 nitrogen and oxygen atoms in total. The molecule has 2 fully saturated rings. The quantitative estimate of drug-likeness (QED) is 0.742. The number of hydrogen-bond acceptors (Lipinski definition) is 4. The molecule has 1 amide bonds. The normalized spacial score (nSPS) is 23.0. The number of rotatable bonds is 6. The highest BCUT2D eigenvalue weighted by atomic mass is 32.2. The van der Waals surface area contributed by atoms with Gasteiger partial charge in [-0.2, -0.15) is 0 Å². The summed E-state index contributed by atoms with van der Waals surface area (Å²) in [5.41, 5.74) is 0.693. The highest BCUT2D eigenvalue weighted by Crippen LogP contribution is 2.48. The van der Waals surface area contributed by atoms with Crippen molar-refractivity contribution in [2.75, 3.05) is 17.1 Å². The smallest absolute Gasteiger partial charge is 0.262 e. The molecule has 29 heavy (non-hydrogen) atoms. The van der Waals surface area contributed by atoms with E-state index in [1.54, 1.807) is 12.1 Å². The van der Waals surface area contributed by atoms with Crippen molar-refractivity contribution in [1.29, 1.82) is 0 Å². The third-order valence-corrected chi connectivity index (χ3v) is 7.29. The van der Waals surface area contributed by atoms with E-state index in [2.05, 4.69) is 10.0 Å². The van der Waals surface area contributed by atoms with Crippen LogP contribution in [0.3, 0.4) is 0 Å². The molecule has 8 heteroatoms. The Balaban J connectivity index is 1.53. The van der Waals surface area contributed by atoms with Crippen molar-refractivity contribution in [2.24, 2.45) is 17.8 Å². The van der Waals surface area contributed by atoms with E-state index in [-0.39, 0.29) is 22.4 Å². The first kappa shape index (κ1) is 19.7. The molecule has 154 valence electrons. The van der Waals surface area contributed by atoms with Gasteiger partial charge in [0.2, 0.25) is 5.91 Å². The number of ether oxygens (including phenoxy) is 1. The Kier molecular flexibility index (Phi) is 5.21. The molecule has 3 atom stereocenters. The van der Waals surface area contributed by atoms with E-state index in [1.165, 1.54) is 31.7 Å². The summed E-state index contributed by atoms with van der Waals surface area (Å²) in [6, 6.07) is 9.34. The Morgan fingerprint density at radius 1 is 1.10 bits per heavy atom. The summed E-state index contributed by atoms with van der Waals surface area (Å²) in [6.07, 6.45) is 4.38. The van der Waals surface area contributed by atoms with Gasteiger partial charge in [-0.1, -0.05) is 6.42 Å². The molecule has 0 saturated heterocycles. The van der Waals surface area contributed by atoms with E-state index in [1.807, 2.05) is 0 Å². The van der Waals surface area contributed by atoms with Crippen LogP contribution in [0.4, 0.5) is 15.8 Å². The van der Waals surface area contributed by atoms with Crippen LogP contribution in [0.5, 0.6) is 5.75 Å². The van der Waals surface area contributed by atoms with Gasteiger partial charge < -0.3 is 10.1 Å². The van der Waals surface area contributed by atoms with Crippen LogP contribution in [0, 0.1) is 23.6 Å². The van der Waals surface area contributed by atoms with Gasteiger partial charge >= 0.3 is 0 Å². The lowest BCUT2D eigenvalue weighted by molar-refractivity contribution is -0.121. The van der Waals surface area contributed by atoms with Gasteiger partial charge in [-0.05, 0) is 73.6 Å². The SMILES string of the molecule is COc1ccc(NC(=O)[C@@H]2C[C@H]3CC[C@H]2C3)cc1NS(=O)(=O)c1ccc(F)cc1. The number of amides is 1. The van der Waals surface area contributed by atoms with Gasteiger partial charge in [-0.25, -0.2) is 12.8 Å². The highest BCUT2D eigenvalue weighted by molar-refractivity contribution is 7.92. The number of nitrogens with one attached hydrogen (secondary N) is 2. The van der Waals surface area contributed by atoms with E-state index in [9.17, 15) is 17.6 Å². The second kappa shape index (κ2) is 7.67. The molecular formula is C21H23FN2O4S. The maximum absolute atomic E-state index is 13.1. The molecule has 0 heterocycles. The lowest BCUT2D eigenvalue weighted by Crippen LogP contribution is -2.27. The maximum atomic E-state index is 13.1. The molecule has 4 rings (SSSR count). The number of anilines is 2. The molecule has 2 bridgehead atoms. The van der Waals surface area contributed by atoms with Gasteiger partial charge in [0, 0.05) is 11.6 Å². The summed E-state index contributed by atoms with van der Waals surface area (Å²) in [7, 11) is -2.51. The largest absolute Gasteiger partial charge is 0.495 e. The Morgan fingerprint density at radius 2 is 1.86 bits per heavy atom. The number of methoxy groups -OCH3 is 1. The van der Waals surface area contributed by atoms with Crippen molar-refractivity contribution in [1.82, 2.24) is 0 Å². The number of sulfonamides is 1. The second-order valence-corrected chi connectivity index (χ2v) is 9.43. The zero-order valence-electron chi connectivity index (χ0n) is 16.0. The van der Waals surface area contributed by atoms with Gasteiger partial charge in [0.15, 0.2) is 0 Å². The Labute approximate surface area is 169 Å². The molecule has 0 unspecified atom stereocenters. The van der Waals surface area contributed by atoms with Crippen LogP contribution in [-0.2, 0) is 14.8 Å². The third-order valence-electron chi connectivity index (χ3n) is 5.91. The monoisotopic (exact) mass is 418 g/mol. The van der Waals surface area contributed by atoms with Crippen LogP contribution in [0.15, 0.2) is 47.4 Å². The van der Waals surface area contributed by atoms with Crippen molar-refractivity contribution in [2.45, 2.75) is 30.6 Å². The molecule has 2 aromatic rings. The number of carbonyl (C=O) groups is 1. The van der Waals surface area contributed by atoms with E-state index < -0.39 is 15.8 Å². The fourth-order valence-corrected chi connectivity index (χ4v) is 5.54. The van der Waals surface area contributed by atoms with Crippen LogP contribution in [0.25, 0.3) is 0 Å². The minimum Gasteiger partial charge on any atom is -0.495 e. The first-order valence-corrected chi connectivity index (χ1v) is 11.1. The van der Waals surface area contributed by atoms with Crippen LogP contribution in [-0.4, -0.2) is 21.4 Å². The number of halogens is 1. The first-order valence-electron chi connectivity index (χ1n) is 9.63. The highest BCUT2D eigenvalue weighted by Gasteiger charge is 2.43. The van der Waals surface area contributed by atoms with Crippen molar-refractivity contribution >= 4 is 27.3 Å². The summed E-state index contributed by atoms with van der Waals surface area (Å²) in [5.74, 6) is 0.907. The zero-order chi connectivity index (χ0) is 20.6. The van der Waals surface area contributed by atoms with E-state index >= 15 is 0 Å². The van der Waals surface area contributed by atoms with Crippen LogP contribution in [0.2, 0.25) is 0 Å². The Bertz CT molecular complexity index is 1020. The van der Waals surface area contributed by atoms with Gasteiger partial charge in [-0.15, -0.1) is 0 Å². The van der Waals surface area contributed by atoms with Crippen molar-refractivity contribution in [3.05, 3.63) is 48.3 Å². The molecule has 2 aromatic carbocycles. The molecule has 0 aliphatic heterocycles. The first-order chi connectivity index (χ1) is 13.9. The Hall–Kier alpha value is -2.61. The van der Waals surface area contributed by atoms with E-state index in [0.29, 0.717) is 23.3 Å². The predicted octanol–water partition coefficient (Wildman–Crippen LogP) is 4.01. The van der Waals surface area contributed by atoms with Gasteiger partial charge in [0.1, 0.15) is 11.6 Å². The fourth-order valence-electron chi connectivity index (χ4n) is 4.48. The van der Waals surface area contributed by atoms with Crippen LogP contribution in [0.1, 0.15) is 25.7 Å². The van der Waals surface area contributed by atoms with E-state index in [4.69, 9.17) is 4.74 Å². The minimum absolute atomic E-state index is 0.0188. The standard InChI is InChI=1S/C21H23FN2O4S/c1-28-20-9-6-16(23-21(25)18-11-13-2-3-14(18)10-13)12-19(20)24-29(26,27)17-7-4-15(22)5-8-17/h4-9,12-14,18,24H,2-3,10-11H2,1H3,(H,23,25)/t13-,14-,18+/m0/s1. The fraction of sp³-hybridized carbons (Fsp3) is 0.381. The van der Waals surface area contributed by atoms with Gasteiger partial charge in [0.05, 0.1) is 17.7 Å². The van der Waals surface area contributed by atoms with E-state index in [0.717, 1.165) is 31.4 Å². The zero-order valence-corrected chi connectivity index (χ0v) is 16.8. The van der Waals surface area contributed by atoms with Gasteiger partial charge in [-0.3, -0.25) is 9.52 Å².